The van der Waals surface area contributed by atoms with Gasteiger partial charge in [0.1, 0.15) is 10.7 Å². The Kier molecular flexibility index (Phi) is 7.28. The molecule has 0 atom stereocenters. The third kappa shape index (κ3) is 5.23. The zero-order valence-corrected chi connectivity index (χ0v) is 19.6. The minimum Gasteiger partial charge on any atom is -0.351 e. The predicted molar refractivity (Wildman–Crippen MR) is 128 cm³/mol. The number of hydrogen-bond donors (Lipinski definition) is 1. The minimum atomic E-state index is -0.118. The molecule has 0 fully saturated rings. The van der Waals surface area contributed by atoms with E-state index in [9.17, 15) is 4.79 Å². The Bertz CT molecular complexity index is 1170. The van der Waals surface area contributed by atoms with Crippen LogP contribution in [-0.4, -0.2) is 37.2 Å². The minimum absolute atomic E-state index is 0.118. The Labute approximate surface area is 195 Å². The van der Waals surface area contributed by atoms with Gasteiger partial charge in [0.25, 0.3) is 5.91 Å². The maximum absolute atomic E-state index is 12.2. The van der Waals surface area contributed by atoms with E-state index in [1.807, 2.05) is 22.1 Å². The monoisotopic (exact) mass is 464 g/mol. The highest BCUT2D eigenvalue weighted by Gasteiger charge is 2.17. The number of aromatic nitrogens is 5. The topological polar surface area (TPSA) is 85.6 Å². The summed E-state index contributed by atoms with van der Waals surface area (Å²) in [6.07, 6.45) is 5.53. The Balaban J connectivity index is 1.55. The van der Waals surface area contributed by atoms with Crippen LogP contribution < -0.4 is 5.32 Å². The number of rotatable bonds is 9. The van der Waals surface area contributed by atoms with Gasteiger partial charge in [0.15, 0.2) is 11.0 Å². The average Bonchev–Trinajstić information content (AvgIpc) is 3.46. The van der Waals surface area contributed by atoms with Crippen LogP contribution in [0.2, 0.25) is 0 Å². The number of amides is 1. The molecule has 0 aliphatic rings. The Morgan fingerprint density at radius 1 is 1.19 bits per heavy atom. The van der Waals surface area contributed by atoms with Gasteiger partial charge in [0.2, 0.25) is 0 Å². The number of aryl methyl sites for hydroxylation is 1. The highest BCUT2D eigenvalue weighted by atomic mass is 32.2. The molecular weight excluding hydrogens is 440 g/mol. The molecule has 9 heteroatoms. The maximum Gasteiger partial charge on any atom is 0.270 e. The summed E-state index contributed by atoms with van der Waals surface area (Å²) in [6.45, 7) is 4.83. The van der Waals surface area contributed by atoms with E-state index in [1.165, 1.54) is 16.9 Å². The van der Waals surface area contributed by atoms with Crippen LogP contribution in [0, 0.1) is 6.92 Å². The van der Waals surface area contributed by atoms with Gasteiger partial charge in [-0.2, -0.15) is 0 Å². The third-order valence-electron chi connectivity index (χ3n) is 4.77. The Morgan fingerprint density at radius 2 is 2.03 bits per heavy atom. The van der Waals surface area contributed by atoms with Crippen molar-refractivity contribution in [3.8, 4) is 17.1 Å². The van der Waals surface area contributed by atoms with Crippen molar-refractivity contribution in [3.63, 3.8) is 0 Å². The average molecular weight is 465 g/mol. The third-order valence-corrected chi connectivity index (χ3v) is 6.74. The smallest absolute Gasteiger partial charge is 0.270 e. The molecular formula is C23H24N6OS2. The number of carbonyl (C=O) groups is 1. The lowest BCUT2D eigenvalue weighted by molar-refractivity contribution is 0.0948. The molecule has 0 aliphatic carbocycles. The van der Waals surface area contributed by atoms with Gasteiger partial charge in [0, 0.05) is 35.6 Å². The van der Waals surface area contributed by atoms with Crippen molar-refractivity contribution >= 4 is 29.0 Å². The summed E-state index contributed by atoms with van der Waals surface area (Å²) in [6, 6.07) is 12.1. The number of pyridine rings is 1. The molecule has 1 N–H and O–H groups in total. The standard InChI is InChI=1S/C23H24N6OS2/c1-3-4-12-25-22(30)19-14-31-20(26-19)15-32-23-28-27-21(17-6-5-11-24-13-17)29(23)18-9-7-16(2)8-10-18/h5-11,13-14H,3-4,12,15H2,1-2H3,(H,25,30). The van der Waals surface area contributed by atoms with Gasteiger partial charge in [-0.25, -0.2) is 4.98 Å². The molecule has 4 aromatic rings. The summed E-state index contributed by atoms with van der Waals surface area (Å²) in [5, 5.41) is 15.2. The molecule has 0 unspecified atom stereocenters. The molecule has 1 amide bonds. The zero-order chi connectivity index (χ0) is 22.3. The van der Waals surface area contributed by atoms with Gasteiger partial charge < -0.3 is 5.32 Å². The first-order chi connectivity index (χ1) is 15.7. The molecule has 0 bridgehead atoms. The summed E-state index contributed by atoms with van der Waals surface area (Å²) < 4.78 is 2.03. The fourth-order valence-electron chi connectivity index (χ4n) is 3.05. The fourth-order valence-corrected chi connectivity index (χ4v) is 4.79. The van der Waals surface area contributed by atoms with E-state index in [-0.39, 0.29) is 5.91 Å². The fraction of sp³-hybridized carbons (Fsp3) is 0.261. The van der Waals surface area contributed by atoms with Gasteiger partial charge in [-0.3, -0.25) is 14.3 Å². The Morgan fingerprint density at radius 3 is 2.78 bits per heavy atom. The molecule has 3 heterocycles. The molecule has 0 radical (unpaired) electrons. The van der Waals surface area contributed by atoms with E-state index in [2.05, 4.69) is 63.6 Å². The summed E-state index contributed by atoms with van der Waals surface area (Å²) >= 11 is 3.03. The number of thiazole rings is 1. The van der Waals surface area contributed by atoms with Crippen molar-refractivity contribution in [2.45, 2.75) is 37.6 Å². The number of thioether (sulfide) groups is 1. The van der Waals surface area contributed by atoms with Crippen LogP contribution in [0.4, 0.5) is 0 Å². The van der Waals surface area contributed by atoms with Crippen LogP contribution in [0.15, 0.2) is 59.3 Å². The predicted octanol–water partition coefficient (Wildman–Crippen LogP) is 4.92. The zero-order valence-electron chi connectivity index (χ0n) is 18.0. The van der Waals surface area contributed by atoms with Crippen LogP contribution in [-0.2, 0) is 5.75 Å². The maximum atomic E-state index is 12.2. The first-order valence-electron chi connectivity index (χ1n) is 10.4. The lowest BCUT2D eigenvalue weighted by Crippen LogP contribution is -2.24. The number of hydrogen-bond acceptors (Lipinski definition) is 7. The molecule has 164 valence electrons. The van der Waals surface area contributed by atoms with Crippen LogP contribution in [0.1, 0.15) is 40.8 Å². The van der Waals surface area contributed by atoms with E-state index in [0.717, 1.165) is 40.1 Å². The molecule has 0 aliphatic heterocycles. The van der Waals surface area contributed by atoms with E-state index < -0.39 is 0 Å². The molecule has 4 rings (SSSR count). The molecule has 0 saturated carbocycles. The van der Waals surface area contributed by atoms with Gasteiger partial charge in [0.05, 0.1) is 5.75 Å². The highest BCUT2D eigenvalue weighted by Crippen LogP contribution is 2.30. The lowest BCUT2D eigenvalue weighted by atomic mass is 10.2. The SMILES string of the molecule is CCCCNC(=O)c1csc(CSc2nnc(-c3cccnc3)n2-c2ccc(C)cc2)n1. The second-order valence-corrected chi connectivity index (χ2v) is 9.13. The van der Waals surface area contributed by atoms with Crippen molar-refractivity contribution in [3.05, 3.63) is 70.4 Å². The van der Waals surface area contributed by atoms with Gasteiger partial charge in [-0.1, -0.05) is 42.8 Å². The molecule has 7 nitrogen and oxygen atoms in total. The summed E-state index contributed by atoms with van der Waals surface area (Å²) in [7, 11) is 0. The van der Waals surface area contributed by atoms with Gasteiger partial charge >= 0.3 is 0 Å². The Hall–Kier alpha value is -3.04. The number of unbranched alkanes of at least 4 members (excludes halogenated alkanes) is 1. The van der Waals surface area contributed by atoms with Gasteiger partial charge in [-0.05, 0) is 37.6 Å². The van der Waals surface area contributed by atoms with Gasteiger partial charge in [-0.15, -0.1) is 21.5 Å². The molecule has 3 aromatic heterocycles. The van der Waals surface area contributed by atoms with Crippen LogP contribution in [0.3, 0.4) is 0 Å². The first-order valence-corrected chi connectivity index (χ1v) is 12.3. The van der Waals surface area contributed by atoms with Crippen LogP contribution in [0.25, 0.3) is 17.1 Å². The summed E-state index contributed by atoms with van der Waals surface area (Å²) in [5.74, 6) is 1.22. The van der Waals surface area contributed by atoms with Crippen molar-refractivity contribution in [1.29, 1.82) is 0 Å². The number of nitrogens with one attached hydrogen (secondary N) is 1. The van der Waals surface area contributed by atoms with Crippen LogP contribution in [0.5, 0.6) is 0 Å². The number of nitrogens with zero attached hydrogens (tertiary/aromatic N) is 5. The lowest BCUT2D eigenvalue weighted by Gasteiger charge is -2.10. The van der Waals surface area contributed by atoms with E-state index in [0.29, 0.717) is 18.0 Å². The van der Waals surface area contributed by atoms with E-state index in [4.69, 9.17) is 0 Å². The van der Waals surface area contributed by atoms with Crippen molar-refractivity contribution in [1.82, 2.24) is 30.0 Å². The second-order valence-electron chi connectivity index (χ2n) is 7.24. The molecule has 32 heavy (non-hydrogen) atoms. The first kappa shape index (κ1) is 22.2. The second kappa shape index (κ2) is 10.5. The van der Waals surface area contributed by atoms with Crippen LogP contribution >= 0.6 is 23.1 Å². The summed E-state index contributed by atoms with van der Waals surface area (Å²) in [5.41, 5.74) is 3.54. The van der Waals surface area contributed by atoms with Crippen molar-refractivity contribution < 1.29 is 4.79 Å². The largest absolute Gasteiger partial charge is 0.351 e. The number of benzene rings is 1. The van der Waals surface area contributed by atoms with E-state index in [1.54, 1.807) is 24.2 Å². The molecule has 0 spiro atoms. The quantitative estimate of drug-likeness (QED) is 0.280. The highest BCUT2D eigenvalue weighted by molar-refractivity contribution is 7.98. The molecule has 0 saturated heterocycles. The summed E-state index contributed by atoms with van der Waals surface area (Å²) in [4.78, 5) is 21.0. The number of carbonyl (C=O) groups excluding carboxylic acids is 1. The molecule has 1 aromatic carbocycles. The van der Waals surface area contributed by atoms with E-state index >= 15 is 0 Å². The normalized spacial score (nSPS) is 10.9. The van der Waals surface area contributed by atoms with Crippen molar-refractivity contribution in [2.75, 3.05) is 6.54 Å². The van der Waals surface area contributed by atoms with Crippen molar-refractivity contribution in [2.24, 2.45) is 0 Å².